The summed E-state index contributed by atoms with van der Waals surface area (Å²) in [6.07, 6.45) is 1.20. The lowest BCUT2D eigenvalue weighted by Gasteiger charge is -2.18. The molecule has 0 saturated heterocycles. The summed E-state index contributed by atoms with van der Waals surface area (Å²) in [5.41, 5.74) is 2.44. The molecule has 0 aliphatic carbocycles. The molecule has 1 N–H and O–H groups in total. The summed E-state index contributed by atoms with van der Waals surface area (Å²) in [6, 6.07) is 10.9. The van der Waals surface area contributed by atoms with Crippen LogP contribution in [0.25, 0.3) is 11.1 Å². The average Bonchev–Trinajstić information content (AvgIpc) is 2.59. The Morgan fingerprint density at radius 1 is 1.22 bits per heavy atom. The number of ether oxygens (including phenoxy) is 2. The number of phenolic OH excluding ortho intramolecular Hbond substituents is 1. The molecule has 2 rings (SSSR count). The monoisotopic (exact) mass is 334 g/mol. The molecule has 0 atom stereocenters. The van der Waals surface area contributed by atoms with E-state index in [0.717, 1.165) is 5.56 Å². The minimum absolute atomic E-state index is 0.0604. The zero-order valence-electron chi connectivity index (χ0n) is 13.1. The van der Waals surface area contributed by atoms with Crippen molar-refractivity contribution in [1.82, 2.24) is 0 Å². The Kier molecular flexibility index (Phi) is 5.88. The number of hydrogen-bond donors (Lipinski definition) is 1. The second-order valence-electron chi connectivity index (χ2n) is 4.98. The van der Waals surface area contributed by atoms with Crippen LogP contribution in [0.15, 0.2) is 36.4 Å². The first-order chi connectivity index (χ1) is 11.1. The van der Waals surface area contributed by atoms with Crippen LogP contribution in [0.2, 0.25) is 0 Å². The maximum Gasteiger partial charge on any atom is 0.341 e. The number of alkyl halides is 1. The molecular weight excluding hydrogens is 316 g/mol. The molecule has 0 radical (unpaired) electrons. The van der Waals surface area contributed by atoms with Gasteiger partial charge in [-0.1, -0.05) is 30.3 Å². The molecule has 4 nitrogen and oxygen atoms in total. The molecule has 2 aromatic rings. The van der Waals surface area contributed by atoms with Crippen LogP contribution in [0.3, 0.4) is 0 Å². The van der Waals surface area contributed by atoms with Crippen molar-refractivity contribution in [2.24, 2.45) is 0 Å². The van der Waals surface area contributed by atoms with Gasteiger partial charge in [0.05, 0.1) is 14.2 Å². The van der Waals surface area contributed by atoms with Crippen LogP contribution < -0.4 is 4.74 Å². The Morgan fingerprint density at radius 3 is 2.48 bits per heavy atom. The van der Waals surface area contributed by atoms with E-state index in [-0.39, 0.29) is 5.75 Å². The number of carbonyl (C=O) groups is 1. The molecule has 2 aromatic carbocycles. The molecule has 0 bridgehead atoms. The van der Waals surface area contributed by atoms with Gasteiger partial charge in [-0.25, -0.2) is 4.79 Å². The number of rotatable bonds is 6. The van der Waals surface area contributed by atoms with E-state index in [4.69, 9.17) is 21.1 Å². The summed E-state index contributed by atoms with van der Waals surface area (Å²) in [5.74, 6) is 0.305. The van der Waals surface area contributed by atoms with E-state index in [9.17, 15) is 9.90 Å². The molecule has 0 fully saturated rings. The molecule has 0 aliphatic rings. The standard InChI is InChI=1S/C18H19ClO4/c1-22-15-11-14(20)16(12-7-4-3-5-8-12)13(9-6-10-19)17(15)18(21)23-2/h3-5,7-8,11,20H,6,9-10H2,1-2H3. The van der Waals surface area contributed by atoms with Crippen molar-refractivity contribution in [3.8, 4) is 22.6 Å². The molecule has 0 heterocycles. The van der Waals surface area contributed by atoms with Crippen molar-refractivity contribution in [2.45, 2.75) is 12.8 Å². The van der Waals surface area contributed by atoms with E-state index in [1.807, 2.05) is 30.3 Å². The predicted octanol–water partition coefficient (Wildman–Crippen LogP) is 4.03. The molecule has 0 saturated carbocycles. The van der Waals surface area contributed by atoms with Gasteiger partial charge in [0, 0.05) is 17.5 Å². The summed E-state index contributed by atoms with van der Waals surface area (Å²) in [4.78, 5) is 12.3. The van der Waals surface area contributed by atoms with Gasteiger partial charge in [0.15, 0.2) is 0 Å². The van der Waals surface area contributed by atoms with E-state index in [1.165, 1.54) is 20.3 Å². The zero-order chi connectivity index (χ0) is 16.8. The van der Waals surface area contributed by atoms with Crippen molar-refractivity contribution in [1.29, 1.82) is 0 Å². The summed E-state index contributed by atoms with van der Waals surface area (Å²) in [6.45, 7) is 0. The Labute approximate surface area is 140 Å². The topological polar surface area (TPSA) is 55.8 Å². The van der Waals surface area contributed by atoms with Gasteiger partial charge in [-0.05, 0) is 24.0 Å². The quantitative estimate of drug-likeness (QED) is 0.640. The van der Waals surface area contributed by atoms with Gasteiger partial charge >= 0.3 is 5.97 Å². The highest BCUT2D eigenvalue weighted by molar-refractivity contribution is 6.17. The summed E-state index contributed by atoms with van der Waals surface area (Å²) < 4.78 is 10.2. The average molecular weight is 335 g/mol. The van der Waals surface area contributed by atoms with E-state index >= 15 is 0 Å². The number of hydrogen-bond acceptors (Lipinski definition) is 4. The van der Waals surface area contributed by atoms with Gasteiger partial charge < -0.3 is 14.6 Å². The van der Waals surface area contributed by atoms with E-state index < -0.39 is 5.97 Å². The second kappa shape index (κ2) is 7.88. The van der Waals surface area contributed by atoms with Gasteiger partial charge in [0.25, 0.3) is 0 Å². The fraction of sp³-hybridized carbons (Fsp3) is 0.278. The first kappa shape index (κ1) is 17.2. The number of benzene rings is 2. The van der Waals surface area contributed by atoms with E-state index in [2.05, 4.69) is 0 Å². The van der Waals surface area contributed by atoms with Crippen LogP contribution >= 0.6 is 11.6 Å². The number of phenols is 1. The number of esters is 1. The lowest BCUT2D eigenvalue weighted by atomic mass is 9.91. The maximum absolute atomic E-state index is 12.3. The van der Waals surface area contributed by atoms with Crippen molar-refractivity contribution in [3.05, 3.63) is 47.5 Å². The summed E-state index contributed by atoms with van der Waals surface area (Å²) in [7, 11) is 2.77. The first-order valence-electron chi connectivity index (χ1n) is 7.26. The fourth-order valence-corrected chi connectivity index (χ4v) is 2.74. The Morgan fingerprint density at radius 2 is 1.91 bits per heavy atom. The van der Waals surface area contributed by atoms with Crippen LogP contribution in [0.5, 0.6) is 11.5 Å². The van der Waals surface area contributed by atoms with Crippen LogP contribution in [0.1, 0.15) is 22.3 Å². The van der Waals surface area contributed by atoms with E-state index in [0.29, 0.717) is 41.2 Å². The van der Waals surface area contributed by atoms with Crippen LogP contribution in [0, 0.1) is 0 Å². The van der Waals surface area contributed by atoms with Crippen LogP contribution in [-0.2, 0) is 11.2 Å². The van der Waals surface area contributed by atoms with Crippen LogP contribution in [0.4, 0.5) is 0 Å². The van der Waals surface area contributed by atoms with E-state index in [1.54, 1.807) is 0 Å². The Bertz CT molecular complexity index is 683. The molecule has 23 heavy (non-hydrogen) atoms. The summed E-state index contributed by atoms with van der Waals surface area (Å²) in [5, 5.41) is 10.5. The highest BCUT2D eigenvalue weighted by Crippen LogP contribution is 2.40. The van der Waals surface area contributed by atoms with Crippen molar-refractivity contribution in [2.75, 3.05) is 20.1 Å². The molecule has 0 aliphatic heterocycles. The molecule has 0 aromatic heterocycles. The fourth-order valence-electron chi connectivity index (χ4n) is 2.60. The third kappa shape index (κ3) is 3.59. The largest absolute Gasteiger partial charge is 0.507 e. The minimum atomic E-state index is -0.497. The van der Waals surface area contributed by atoms with Crippen molar-refractivity contribution in [3.63, 3.8) is 0 Å². The highest BCUT2D eigenvalue weighted by Gasteiger charge is 2.24. The molecule has 0 unspecified atom stereocenters. The zero-order valence-corrected chi connectivity index (χ0v) is 13.9. The third-order valence-electron chi connectivity index (χ3n) is 3.61. The smallest absolute Gasteiger partial charge is 0.341 e. The molecule has 0 amide bonds. The number of aromatic hydroxyl groups is 1. The van der Waals surface area contributed by atoms with Gasteiger partial charge in [-0.2, -0.15) is 0 Å². The molecule has 122 valence electrons. The van der Waals surface area contributed by atoms with Gasteiger partial charge in [-0.15, -0.1) is 11.6 Å². The maximum atomic E-state index is 12.3. The number of methoxy groups -OCH3 is 2. The Hall–Kier alpha value is -2.20. The third-order valence-corrected chi connectivity index (χ3v) is 3.87. The number of carbonyl (C=O) groups excluding carboxylic acids is 1. The minimum Gasteiger partial charge on any atom is -0.507 e. The molecule has 0 spiro atoms. The van der Waals surface area contributed by atoms with Crippen LogP contribution in [-0.4, -0.2) is 31.2 Å². The lowest BCUT2D eigenvalue weighted by molar-refractivity contribution is 0.0596. The highest BCUT2D eigenvalue weighted by atomic mass is 35.5. The van der Waals surface area contributed by atoms with Gasteiger partial charge in [0.2, 0.25) is 0 Å². The second-order valence-corrected chi connectivity index (χ2v) is 5.35. The van der Waals surface area contributed by atoms with Gasteiger partial charge in [-0.3, -0.25) is 0 Å². The summed E-state index contributed by atoms with van der Waals surface area (Å²) >= 11 is 5.82. The van der Waals surface area contributed by atoms with Crippen molar-refractivity contribution >= 4 is 17.6 Å². The normalized spacial score (nSPS) is 10.4. The van der Waals surface area contributed by atoms with Crippen molar-refractivity contribution < 1.29 is 19.4 Å². The predicted molar refractivity (Wildman–Crippen MR) is 90.5 cm³/mol. The Balaban J connectivity index is 2.76. The number of halogens is 1. The SMILES string of the molecule is COC(=O)c1c(OC)cc(O)c(-c2ccccc2)c1CCCCl. The first-order valence-corrected chi connectivity index (χ1v) is 7.80. The molecular formula is C18H19ClO4. The lowest BCUT2D eigenvalue weighted by Crippen LogP contribution is -2.10. The van der Waals surface area contributed by atoms with Gasteiger partial charge in [0.1, 0.15) is 17.1 Å². The molecule has 5 heteroatoms.